The fourth-order valence-corrected chi connectivity index (χ4v) is 4.22. The Bertz CT molecular complexity index is 1230. The number of fused-ring (bicyclic) bond motifs is 1. The number of carbonyl (C=O) groups is 3. The summed E-state index contributed by atoms with van der Waals surface area (Å²) >= 11 is 0. The Balaban J connectivity index is 1.26. The van der Waals surface area contributed by atoms with E-state index in [0.717, 1.165) is 21.7 Å². The summed E-state index contributed by atoms with van der Waals surface area (Å²) in [6.45, 7) is 1.78. The second-order valence-corrected chi connectivity index (χ2v) is 8.61. The Labute approximate surface area is 184 Å². The van der Waals surface area contributed by atoms with Gasteiger partial charge in [0.2, 0.25) is 5.91 Å². The number of hydrogen-bond acceptors (Lipinski definition) is 5. The Kier molecular flexibility index (Phi) is 4.82. The molecule has 8 nitrogen and oxygen atoms in total. The molecule has 1 saturated carbocycles. The summed E-state index contributed by atoms with van der Waals surface area (Å²) in [4.78, 5) is 44.2. The number of hydrogen-bond donors (Lipinski definition) is 2. The zero-order valence-electron chi connectivity index (χ0n) is 17.5. The molecule has 32 heavy (non-hydrogen) atoms. The number of carbonyl (C=O) groups excluding carboxylic acids is 3. The molecule has 2 aliphatic heterocycles. The van der Waals surface area contributed by atoms with Crippen LogP contribution in [0.25, 0.3) is 17.2 Å². The minimum absolute atomic E-state index is 0.0702. The predicted octanol–water partition coefficient (Wildman–Crippen LogP) is -0.569. The van der Waals surface area contributed by atoms with Crippen molar-refractivity contribution in [3.63, 3.8) is 0 Å². The first-order valence-electron chi connectivity index (χ1n) is 10.7. The van der Waals surface area contributed by atoms with Gasteiger partial charge < -0.3 is 20.6 Å². The van der Waals surface area contributed by atoms with Crippen molar-refractivity contribution >= 4 is 23.8 Å². The highest BCUT2D eigenvalue weighted by molar-refractivity contribution is 5.95. The first-order valence-corrected chi connectivity index (χ1v) is 10.7. The third-order valence-corrected chi connectivity index (χ3v) is 6.38. The third kappa shape index (κ3) is 3.67. The van der Waals surface area contributed by atoms with Crippen molar-refractivity contribution in [3.05, 3.63) is 58.6 Å². The smallest absolute Gasteiger partial charge is 0.254 e. The Hall–Kier alpha value is -3.52. The average molecular weight is 432 g/mol. The predicted molar refractivity (Wildman–Crippen MR) is 117 cm³/mol. The topological polar surface area (TPSA) is 116 Å². The molecular formula is C24H24N4O4. The molecule has 8 heteroatoms. The summed E-state index contributed by atoms with van der Waals surface area (Å²) < 4.78 is 0. The van der Waals surface area contributed by atoms with E-state index >= 15 is 0 Å². The molecule has 2 fully saturated rings. The first-order chi connectivity index (χ1) is 15.3. The number of aliphatic hydroxyl groups is 1. The van der Waals surface area contributed by atoms with Crippen LogP contribution in [0, 0.1) is 0 Å². The van der Waals surface area contributed by atoms with E-state index in [1.54, 1.807) is 28.0 Å². The normalized spacial score (nSPS) is 20.7. The number of amides is 3. The van der Waals surface area contributed by atoms with Gasteiger partial charge in [-0.25, -0.2) is 0 Å². The zero-order chi connectivity index (χ0) is 22.5. The third-order valence-electron chi connectivity index (χ3n) is 6.38. The lowest BCUT2D eigenvalue weighted by Gasteiger charge is -2.35. The van der Waals surface area contributed by atoms with Crippen LogP contribution >= 0.6 is 0 Å². The first kappa shape index (κ1) is 20.4. The molecule has 0 aromatic heterocycles. The van der Waals surface area contributed by atoms with Gasteiger partial charge in [0.15, 0.2) is 0 Å². The zero-order valence-corrected chi connectivity index (χ0v) is 17.5. The molecule has 1 aliphatic carbocycles. The number of primary amides is 1. The molecule has 5 rings (SSSR count). The van der Waals surface area contributed by atoms with E-state index in [1.165, 1.54) is 0 Å². The lowest BCUT2D eigenvalue weighted by molar-refractivity contribution is -0.143. The molecule has 1 atom stereocenters. The van der Waals surface area contributed by atoms with Crippen LogP contribution in [0.1, 0.15) is 23.2 Å². The number of benzene rings is 2. The molecule has 1 saturated heterocycles. The van der Waals surface area contributed by atoms with Crippen LogP contribution in [-0.2, 0) is 9.59 Å². The minimum atomic E-state index is -1.16. The Morgan fingerprint density at radius 1 is 0.938 bits per heavy atom. The molecule has 2 heterocycles. The summed E-state index contributed by atoms with van der Waals surface area (Å²) in [5.74, 6) is -0.756. The Morgan fingerprint density at radius 2 is 1.56 bits per heavy atom. The highest BCUT2D eigenvalue weighted by Gasteiger charge is 2.50. The summed E-state index contributed by atoms with van der Waals surface area (Å²) in [7, 11) is 0. The molecule has 2 aromatic rings. The summed E-state index contributed by atoms with van der Waals surface area (Å²) in [6, 6.07) is 12.5. The fraction of sp³-hybridized carbons (Fsp3) is 0.333. The SMILES string of the molecule is NC(=O)C1C=c2cc(-c3ccc(C(=O)N4CCN(C(=O)C5(O)CC5)CC4)cc3)ccc2=N1. The van der Waals surface area contributed by atoms with Gasteiger partial charge in [0.25, 0.3) is 11.8 Å². The molecular weight excluding hydrogens is 408 g/mol. The van der Waals surface area contributed by atoms with Gasteiger partial charge >= 0.3 is 0 Å². The van der Waals surface area contributed by atoms with Crippen LogP contribution in [0.15, 0.2) is 47.5 Å². The van der Waals surface area contributed by atoms with E-state index < -0.39 is 17.6 Å². The second kappa shape index (κ2) is 7.56. The number of rotatable bonds is 4. The van der Waals surface area contributed by atoms with Crippen molar-refractivity contribution in [3.8, 4) is 11.1 Å². The van der Waals surface area contributed by atoms with Crippen LogP contribution in [0.4, 0.5) is 0 Å². The highest BCUT2D eigenvalue weighted by atomic mass is 16.3. The van der Waals surface area contributed by atoms with E-state index in [9.17, 15) is 19.5 Å². The van der Waals surface area contributed by atoms with E-state index in [2.05, 4.69) is 4.99 Å². The molecule has 164 valence electrons. The fourth-order valence-electron chi connectivity index (χ4n) is 4.22. The number of piperazine rings is 1. The van der Waals surface area contributed by atoms with Gasteiger partial charge in [0, 0.05) is 31.7 Å². The molecule has 3 N–H and O–H groups in total. The van der Waals surface area contributed by atoms with E-state index in [1.807, 2.05) is 30.3 Å². The average Bonchev–Trinajstić information content (AvgIpc) is 3.42. The van der Waals surface area contributed by atoms with Crippen molar-refractivity contribution < 1.29 is 19.5 Å². The van der Waals surface area contributed by atoms with Gasteiger partial charge in [-0.05, 0) is 59.5 Å². The lowest BCUT2D eigenvalue weighted by atomic mass is 10.0. The van der Waals surface area contributed by atoms with Gasteiger partial charge in [-0.3, -0.25) is 19.4 Å². The highest BCUT2D eigenvalue weighted by Crippen LogP contribution is 2.37. The monoisotopic (exact) mass is 432 g/mol. The van der Waals surface area contributed by atoms with E-state index in [4.69, 9.17) is 5.73 Å². The summed E-state index contributed by atoms with van der Waals surface area (Å²) in [6.07, 6.45) is 2.81. The summed E-state index contributed by atoms with van der Waals surface area (Å²) in [5.41, 5.74) is 6.69. The number of nitrogens with two attached hydrogens (primary N) is 1. The quantitative estimate of drug-likeness (QED) is 0.673. The molecule has 1 unspecified atom stereocenters. The standard InChI is InChI=1S/C24H24N4O4/c25-21(29)20-14-18-13-17(5-6-19(18)26-20)15-1-3-16(4-2-15)22(30)27-9-11-28(12-10-27)23(31)24(32)7-8-24/h1-6,13-14,20,32H,7-12H2,(H2,25,29). The van der Waals surface area contributed by atoms with Crippen molar-refractivity contribution in [1.29, 1.82) is 0 Å². The molecule has 0 radical (unpaired) electrons. The maximum atomic E-state index is 12.9. The van der Waals surface area contributed by atoms with Gasteiger partial charge in [0.05, 0.1) is 5.36 Å². The van der Waals surface area contributed by atoms with Gasteiger partial charge in [-0.15, -0.1) is 0 Å². The van der Waals surface area contributed by atoms with Crippen molar-refractivity contribution in [1.82, 2.24) is 9.80 Å². The van der Waals surface area contributed by atoms with Crippen LogP contribution in [0.2, 0.25) is 0 Å². The number of nitrogens with zero attached hydrogens (tertiary/aromatic N) is 3. The van der Waals surface area contributed by atoms with Gasteiger partial charge in [0.1, 0.15) is 11.6 Å². The van der Waals surface area contributed by atoms with Crippen LogP contribution in [-0.4, -0.2) is 70.4 Å². The van der Waals surface area contributed by atoms with Crippen molar-refractivity contribution in [2.24, 2.45) is 10.7 Å². The van der Waals surface area contributed by atoms with Crippen LogP contribution in [0.5, 0.6) is 0 Å². The molecule has 3 aliphatic rings. The summed E-state index contributed by atoms with van der Waals surface area (Å²) in [5, 5.41) is 11.6. The minimum Gasteiger partial charge on any atom is -0.380 e. The van der Waals surface area contributed by atoms with Crippen molar-refractivity contribution in [2.75, 3.05) is 26.2 Å². The molecule has 0 bridgehead atoms. The van der Waals surface area contributed by atoms with E-state index in [-0.39, 0.29) is 11.8 Å². The Morgan fingerprint density at radius 3 is 2.19 bits per heavy atom. The largest absolute Gasteiger partial charge is 0.380 e. The van der Waals surface area contributed by atoms with Crippen LogP contribution in [0.3, 0.4) is 0 Å². The maximum Gasteiger partial charge on any atom is 0.254 e. The van der Waals surface area contributed by atoms with E-state index in [0.29, 0.717) is 44.6 Å². The molecule has 0 spiro atoms. The van der Waals surface area contributed by atoms with Gasteiger partial charge in [-0.1, -0.05) is 18.2 Å². The lowest BCUT2D eigenvalue weighted by Crippen LogP contribution is -2.53. The van der Waals surface area contributed by atoms with Crippen LogP contribution < -0.4 is 16.3 Å². The second-order valence-electron chi connectivity index (χ2n) is 8.61. The van der Waals surface area contributed by atoms with Crippen molar-refractivity contribution in [2.45, 2.75) is 24.5 Å². The maximum absolute atomic E-state index is 12.9. The molecule has 3 amide bonds. The molecule has 2 aromatic carbocycles. The van der Waals surface area contributed by atoms with Gasteiger partial charge in [-0.2, -0.15) is 0 Å².